The molecule has 4 N–H and O–H groups in total. The molecule has 2 aromatic heterocycles. The second kappa shape index (κ2) is 8.63. The fraction of sp³-hybridized carbons (Fsp3) is 0.391. The van der Waals surface area contributed by atoms with Crippen LogP contribution in [0.5, 0.6) is 0 Å². The summed E-state index contributed by atoms with van der Waals surface area (Å²) in [4.78, 5) is 36.2. The molecule has 1 unspecified atom stereocenters. The van der Waals surface area contributed by atoms with Crippen molar-refractivity contribution in [2.75, 3.05) is 12.3 Å². The average Bonchev–Trinajstić information content (AvgIpc) is 3.32. The van der Waals surface area contributed by atoms with Crippen molar-refractivity contribution in [1.82, 2.24) is 14.9 Å². The fourth-order valence-electron chi connectivity index (χ4n) is 4.62. The number of carbonyl (C=O) groups is 2. The highest BCUT2D eigenvalue weighted by atomic mass is 32.1. The summed E-state index contributed by atoms with van der Waals surface area (Å²) in [6, 6.07) is 8.05. The van der Waals surface area contributed by atoms with Crippen molar-refractivity contribution >= 4 is 39.2 Å². The molecule has 3 heterocycles. The minimum Gasteiger partial charge on any atom is -0.368 e. The van der Waals surface area contributed by atoms with Gasteiger partial charge in [0.15, 0.2) is 0 Å². The molecular weight excluding hydrogens is 410 g/mol. The summed E-state index contributed by atoms with van der Waals surface area (Å²) in [7, 11) is 0. The Morgan fingerprint density at radius 1 is 1.16 bits per heavy atom. The largest absolute Gasteiger partial charge is 0.368 e. The molecule has 0 spiro atoms. The summed E-state index contributed by atoms with van der Waals surface area (Å²) in [5.74, 6) is -0.0161. The van der Waals surface area contributed by atoms with E-state index in [1.165, 1.54) is 11.3 Å². The van der Waals surface area contributed by atoms with Crippen molar-refractivity contribution in [1.29, 1.82) is 0 Å². The third-order valence-corrected chi connectivity index (χ3v) is 7.31. The van der Waals surface area contributed by atoms with Crippen LogP contribution in [0.1, 0.15) is 51.4 Å². The summed E-state index contributed by atoms with van der Waals surface area (Å²) in [5, 5.41) is 1.06. The maximum absolute atomic E-state index is 13.1. The van der Waals surface area contributed by atoms with Crippen LogP contribution < -0.4 is 11.5 Å². The van der Waals surface area contributed by atoms with Gasteiger partial charge in [0.1, 0.15) is 0 Å². The van der Waals surface area contributed by atoms with Gasteiger partial charge in [0.05, 0.1) is 4.88 Å². The Morgan fingerprint density at radius 3 is 2.58 bits per heavy atom. The number of thiophene rings is 1. The van der Waals surface area contributed by atoms with Gasteiger partial charge in [-0.1, -0.05) is 18.2 Å². The summed E-state index contributed by atoms with van der Waals surface area (Å²) < 4.78 is 1.05. The van der Waals surface area contributed by atoms with Crippen molar-refractivity contribution in [2.24, 2.45) is 5.73 Å². The number of aryl methyl sites for hydroxylation is 2. The van der Waals surface area contributed by atoms with Crippen LogP contribution in [-0.4, -0.2) is 39.3 Å². The predicted molar refractivity (Wildman–Crippen MR) is 123 cm³/mol. The molecule has 7 nitrogen and oxygen atoms in total. The van der Waals surface area contributed by atoms with Gasteiger partial charge in [0, 0.05) is 35.1 Å². The normalized spacial score (nSPS) is 16.2. The van der Waals surface area contributed by atoms with E-state index in [9.17, 15) is 9.59 Å². The molecule has 31 heavy (non-hydrogen) atoms. The number of aromatic nitrogens is 2. The number of fused-ring (bicyclic) bond motifs is 1. The van der Waals surface area contributed by atoms with Crippen molar-refractivity contribution in [3.63, 3.8) is 0 Å². The number of carbonyl (C=O) groups excluding carboxylic acids is 2. The van der Waals surface area contributed by atoms with Crippen LogP contribution in [0.25, 0.3) is 10.1 Å². The molecule has 1 atom stereocenters. The molecule has 162 valence electrons. The number of benzene rings is 1. The zero-order valence-corrected chi connectivity index (χ0v) is 18.7. The van der Waals surface area contributed by atoms with Gasteiger partial charge >= 0.3 is 0 Å². The fourth-order valence-corrected chi connectivity index (χ4v) is 5.70. The Bertz CT molecular complexity index is 1130. The Hall–Kier alpha value is -3.00. The third kappa shape index (κ3) is 4.25. The maximum atomic E-state index is 13.1. The minimum atomic E-state index is -0.402. The van der Waals surface area contributed by atoms with E-state index in [1.807, 2.05) is 43.0 Å². The minimum absolute atomic E-state index is 0.0773. The van der Waals surface area contributed by atoms with Gasteiger partial charge in [0.2, 0.25) is 11.9 Å². The van der Waals surface area contributed by atoms with Crippen LogP contribution in [0.15, 0.2) is 24.3 Å². The van der Waals surface area contributed by atoms with E-state index in [4.69, 9.17) is 11.5 Å². The molecule has 1 fully saturated rings. The van der Waals surface area contributed by atoms with Crippen LogP contribution in [0.2, 0.25) is 0 Å². The van der Waals surface area contributed by atoms with Gasteiger partial charge in [-0.2, -0.15) is 0 Å². The quantitative estimate of drug-likeness (QED) is 0.615. The molecule has 1 aliphatic heterocycles. The number of nitrogens with zero attached hydrogens (tertiary/aromatic N) is 3. The van der Waals surface area contributed by atoms with Gasteiger partial charge < -0.3 is 16.4 Å². The van der Waals surface area contributed by atoms with E-state index < -0.39 is 5.91 Å². The smallest absolute Gasteiger partial charge is 0.259 e. The summed E-state index contributed by atoms with van der Waals surface area (Å²) in [6.07, 6.45) is 3.54. The molecule has 0 aliphatic carbocycles. The van der Waals surface area contributed by atoms with Gasteiger partial charge in [-0.3, -0.25) is 9.59 Å². The molecule has 1 saturated heterocycles. The summed E-state index contributed by atoms with van der Waals surface area (Å²) >= 11 is 1.43. The highest BCUT2D eigenvalue weighted by molar-refractivity contribution is 7.21. The van der Waals surface area contributed by atoms with E-state index in [0.717, 1.165) is 52.0 Å². The maximum Gasteiger partial charge on any atom is 0.259 e. The van der Waals surface area contributed by atoms with Crippen molar-refractivity contribution in [3.05, 3.63) is 51.7 Å². The number of hydrogen-bond acceptors (Lipinski definition) is 6. The number of nitrogens with two attached hydrogens (primary N) is 2. The summed E-state index contributed by atoms with van der Waals surface area (Å²) in [5.41, 5.74) is 15.0. The molecule has 0 radical (unpaired) electrons. The van der Waals surface area contributed by atoms with Crippen molar-refractivity contribution < 1.29 is 9.59 Å². The first-order chi connectivity index (χ1) is 14.8. The molecule has 8 heteroatoms. The Labute approximate surface area is 185 Å². The number of likely N-dealkylation sites (tertiary alicyclic amines) is 1. The van der Waals surface area contributed by atoms with E-state index in [2.05, 4.69) is 9.97 Å². The monoisotopic (exact) mass is 437 g/mol. The highest BCUT2D eigenvalue weighted by Crippen LogP contribution is 2.34. The number of hydrogen-bond donors (Lipinski definition) is 2. The SMILES string of the molecule is Cc1nc(N)nc(C)c1CCC(=O)N1CCCC1Cc1c(C(N)=O)sc2ccccc12. The number of rotatable bonds is 6. The van der Waals surface area contributed by atoms with Gasteiger partial charge in [-0.25, -0.2) is 9.97 Å². The Balaban J connectivity index is 1.51. The molecule has 0 saturated carbocycles. The Kier molecular flexibility index (Phi) is 5.91. The average molecular weight is 438 g/mol. The lowest BCUT2D eigenvalue weighted by Gasteiger charge is -2.25. The standard InChI is InChI=1S/C23H27N5O2S/c1-13-16(14(2)27-23(25)26-13)9-10-20(29)28-11-5-6-15(28)12-18-17-7-3-4-8-19(17)31-21(18)22(24)30/h3-4,7-8,15H,5-6,9-12H2,1-2H3,(H2,24,30)(H2,25,26,27). The first-order valence-corrected chi connectivity index (χ1v) is 11.4. The second-order valence-electron chi connectivity index (χ2n) is 8.09. The highest BCUT2D eigenvalue weighted by Gasteiger charge is 2.31. The predicted octanol–water partition coefficient (Wildman–Crippen LogP) is 3.16. The number of anilines is 1. The second-order valence-corrected chi connectivity index (χ2v) is 9.14. The molecule has 1 aromatic carbocycles. The first-order valence-electron chi connectivity index (χ1n) is 10.5. The van der Waals surface area contributed by atoms with Crippen LogP contribution >= 0.6 is 11.3 Å². The van der Waals surface area contributed by atoms with E-state index in [1.54, 1.807) is 0 Å². The first kappa shape index (κ1) is 21.2. The Morgan fingerprint density at radius 2 is 1.87 bits per heavy atom. The van der Waals surface area contributed by atoms with Crippen molar-refractivity contribution in [2.45, 2.75) is 52.0 Å². The van der Waals surface area contributed by atoms with Gasteiger partial charge in [0.25, 0.3) is 5.91 Å². The van der Waals surface area contributed by atoms with Crippen molar-refractivity contribution in [3.8, 4) is 0 Å². The number of amides is 2. The third-order valence-electron chi connectivity index (χ3n) is 6.09. The number of nitrogen functional groups attached to an aromatic ring is 1. The lowest BCUT2D eigenvalue weighted by Crippen LogP contribution is -2.37. The van der Waals surface area contributed by atoms with Gasteiger partial charge in [-0.15, -0.1) is 11.3 Å². The molecule has 0 bridgehead atoms. The topological polar surface area (TPSA) is 115 Å². The molecule has 4 rings (SSSR count). The molecule has 1 aliphatic rings. The van der Waals surface area contributed by atoms with Crippen LogP contribution in [0, 0.1) is 13.8 Å². The molecule has 3 aromatic rings. The van der Waals surface area contributed by atoms with Crippen LogP contribution in [0.4, 0.5) is 5.95 Å². The van der Waals surface area contributed by atoms with E-state index in [0.29, 0.717) is 24.1 Å². The zero-order valence-electron chi connectivity index (χ0n) is 17.9. The van der Waals surface area contributed by atoms with Gasteiger partial charge in [-0.05, 0) is 62.1 Å². The van der Waals surface area contributed by atoms with Crippen LogP contribution in [0.3, 0.4) is 0 Å². The molecular formula is C23H27N5O2S. The lowest BCUT2D eigenvalue weighted by atomic mass is 10.00. The van der Waals surface area contributed by atoms with E-state index >= 15 is 0 Å². The molecule has 2 amide bonds. The lowest BCUT2D eigenvalue weighted by molar-refractivity contribution is -0.131. The zero-order chi connectivity index (χ0) is 22.1. The number of primary amides is 1. The van der Waals surface area contributed by atoms with Crippen LogP contribution in [-0.2, 0) is 17.6 Å². The van der Waals surface area contributed by atoms with E-state index in [-0.39, 0.29) is 17.9 Å². The summed E-state index contributed by atoms with van der Waals surface area (Å²) in [6.45, 7) is 4.54.